The van der Waals surface area contributed by atoms with Crippen molar-refractivity contribution in [1.29, 1.82) is 0 Å². The molecule has 0 radical (unpaired) electrons. The maximum absolute atomic E-state index is 12.6. The van der Waals surface area contributed by atoms with Crippen molar-refractivity contribution in [3.05, 3.63) is 35.4 Å². The summed E-state index contributed by atoms with van der Waals surface area (Å²) in [5.74, 6) is -0.713. The van der Waals surface area contributed by atoms with Gasteiger partial charge in [-0.1, -0.05) is 24.3 Å². The molecule has 1 aliphatic heterocycles. The molecule has 1 atom stereocenters. The summed E-state index contributed by atoms with van der Waals surface area (Å²) < 4.78 is 26.5. The number of hydrogen-bond donors (Lipinski definition) is 1. The maximum atomic E-state index is 12.6. The van der Waals surface area contributed by atoms with Crippen LogP contribution in [0.15, 0.2) is 24.3 Å². The van der Waals surface area contributed by atoms with Gasteiger partial charge in [-0.3, -0.25) is 4.79 Å². The van der Waals surface area contributed by atoms with Crippen molar-refractivity contribution in [2.24, 2.45) is 11.3 Å². The van der Waals surface area contributed by atoms with E-state index in [1.54, 1.807) is 6.92 Å². The molecule has 0 spiro atoms. The molecule has 0 amide bonds. The smallest absolute Gasteiger partial charge is 0.310 e. The molecule has 0 aromatic heterocycles. The number of carboxylic acid groups (broad SMARTS) is 1. The number of carboxylic acids is 1. The van der Waals surface area contributed by atoms with Crippen LogP contribution in [0.3, 0.4) is 0 Å². The zero-order chi connectivity index (χ0) is 16.0. The number of benzene rings is 1. The molecule has 22 heavy (non-hydrogen) atoms. The highest BCUT2D eigenvalue weighted by Crippen LogP contribution is 2.34. The Labute approximate surface area is 131 Å². The van der Waals surface area contributed by atoms with Crippen molar-refractivity contribution in [2.45, 2.75) is 26.2 Å². The molecule has 1 aromatic carbocycles. The molecule has 1 heterocycles. The van der Waals surface area contributed by atoms with Gasteiger partial charge in [0.2, 0.25) is 10.0 Å². The van der Waals surface area contributed by atoms with E-state index in [9.17, 15) is 18.3 Å². The molecule has 1 unspecified atom stereocenters. The van der Waals surface area contributed by atoms with E-state index < -0.39 is 21.4 Å². The number of rotatable bonds is 4. The summed E-state index contributed by atoms with van der Waals surface area (Å²) >= 11 is 0. The second-order valence-electron chi connectivity index (χ2n) is 6.77. The Balaban J connectivity index is 1.67. The van der Waals surface area contributed by atoms with Crippen molar-refractivity contribution >= 4 is 16.0 Å². The lowest BCUT2D eigenvalue weighted by atomic mass is 9.90. The van der Waals surface area contributed by atoms with Crippen LogP contribution in [0.25, 0.3) is 0 Å². The quantitative estimate of drug-likeness (QED) is 0.912. The second-order valence-corrected chi connectivity index (χ2v) is 8.78. The Morgan fingerprint density at radius 3 is 2.41 bits per heavy atom. The van der Waals surface area contributed by atoms with Crippen LogP contribution in [-0.2, 0) is 27.7 Å². The molecule has 120 valence electrons. The minimum Gasteiger partial charge on any atom is -0.481 e. The molecule has 2 aliphatic rings. The number of fused-ring (bicyclic) bond motifs is 1. The minimum atomic E-state index is -3.40. The summed E-state index contributed by atoms with van der Waals surface area (Å²) in [5, 5.41) is 9.24. The van der Waals surface area contributed by atoms with Gasteiger partial charge in [0.1, 0.15) is 0 Å². The third-order valence-corrected chi connectivity index (χ3v) is 6.92. The van der Waals surface area contributed by atoms with E-state index >= 15 is 0 Å². The zero-order valence-electron chi connectivity index (χ0n) is 12.7. The molecule has 3 rings (SSSR count). The molecule has 0 bridgehead atoms. The zero-order valence-corrected chi connectivity index (χ0v) is 13.5. The summed E-state index contributed by atoms with van der Waals surface area (Å²) in [6, 6.07) is 8.07. The minimum absolute atomic E-state index is 0.0876. The van der Waals surface area contributed by atoms with Gasteiger partial charge in [-0.05, 0) is 43.2 Å². The lowest BCUT2D eigenvalue weighted by molar-refractivity contribution is -0.146. The van der Waals surface area contributed by atoms with E-state index in [-0.39, 0.29) is 18.2 Å². The van der Waals surface area contributed by atoms with Crippen LogP contribution >= 0.6 is 0 Å². The fraction of sp³-hybridized carbons (Fsp3) is 0.562. The van der Waals surface area contributed by atoms with E-state index in [1.807, 2.05) is 12.1 Å². The molecule has 0 saturated carbocycles. The molecular formula is C16H21NO4S. The number of nitrogens with zero attached hydrogens (tertiary/aromatic N) is 1. The fourth-order valence-corrected chi connectivity index (χ4v) is 5.40. The molecule has 1 aliphatic carbocycles. The summed E-state index contributed by atoms with van der Waals surface area (Å²) in [4.78, 5) is 11.3. The highest BCUT2D eigenvalue weighted by molar-refractivity contribution is 7.89. The Kier molecular flexibility index (Phi) is 3.77. The van der Waals surface area contributed by atoms with Crippen LogP contribution < -0.4 is 0 Å². The van der Waals surface area contributed by atoms with Gasteiger partial charge in [-0.15, -0.1) is 0 Å². The SMILES string of the molecule is CC1(C(=O)O)CCN(S(=O)(=O)CC2Cc3ccccc3C2)C1. The van der Waals surface area contributed by atoms with Gasteiger partial charge in [-0.2, -0.15) is 0 Å². The van der Waals surface area contributed by atoms with Gasteiger partial charge in [0.15, 0.2) is 0 Å². The van der Waals surface area contributed by atoms with Crippen molar-refractivity contribution in [3.8, 4) is 0 Å². The van der Waals surface area contributed by atoms with Gasteiger partial charge in [0.25, 0.3) is 0 Å². The van der Waals surface area contributed by atoms with Crippen molar-refractivity contribution in [1.82, 2.24) is 4.31 Å². The molecule has 1 aromatic rings. The van der Waals surface area contributed by atoms with Gasteiger partial charge in [0, 0.05) is 13.1 Å². The topological polar surface area (TPSA) is 74.7 Å². The van der Waals surface area contributed by atoms with E-state index in [1.165, 1.54) is 15.4 Å². The average molecular weight is 323 g/mol. The molecule has 6 heteroatoms. The first-order valence-corrected chi connectivity index (χ1v) is 9.19. The Hall–Kier alpha value is -1.40. The highest BCUT2D eigenvalue weighted by atomic mass is 32.2. The number of carbonyl (C=O) groups is 1. The summed E-state index contributed by atoms with van der Waals surface area (Å²) in [5.41, 5.74) is 1.52. The Morgan fingerprint density at radius 1 is 1.32 bits per heavy atom. The lowest BCUT2D eigenvalue weighted by Crippen LogP contribution is -2.37. The van der Waals surface area contributed by atoms with E-state index in [0.29, 0.717) is 13.0 Å². The molecule has 5 nitrogen and oxygen atoms in total. The lowest BCUT2D eigenvalue weighted by Gasteiger charge is -2.21. The largest absolute Gasteiger partial charge is 0.481 e. The standard InChI is InChI=1S/C16H21NO4S/c1-16(15(18)19)6-7-17(11-16)22(20,21)10-12-8-13-4-2-3-5-14(13)9-12/h2-5,12H,6-11H2,1H3,(H,18,19). The summed E-state index contributed by atoms with van der Waals surface area (Å²) in [6.45, 7) is 2.02. The Morgan fingerprint density at radius 2 is 1.91 bits per heavy atom. The van der Waals surface area contributed by atoms with Crippen LogP contribution in [0.1, 0.15) is 24.5 Å². The van der Waals surface area contributed by atoms with Crippen LogP contribution in [0, 0.1) is 11.3 Å². The van der Waals surface area contributed by atoms with Crippen molar-refractivity contribution in [3.63, 3.8) is 0 Å². The first-order chi connectivity index (χ1) is 10.3. The first kappa shape index (κ1) is 15.5. The number of sulfonamides is 1. The molecule has 1 N–H and O–H groups in total. The van der Waals surface area contributed by atoms with Crippen LogP contribution in [-0.4, -0.2) is 42.6 Å². The summed E-state index contributed by atoms with van der Waals surface area (Å²) in [6.07, 6.45) is 1.96. The predicted molar refractivity (Wildman–Crippen MR) is 83.1 cm³/mol. The second kappa shape index (κ2) is 5.35. The van der Waals surface area contributed by atoms with Crippen LogP contribution in [0.4, 0.5) is 0 Å². The molecule has 1 fully saturated rings. The first-order valence-electron chi connectivity index (χ1n) is 7.58. The maximum Gasteiger partial charge on any atom is 0.310 e. The number of hydrogen-bond acceptors (Lipinski definition) is 3. The fourth-order valence-electron chi connectivity index (χ4n) is 3.50. The highest BCUT2D eigenvalue weighted by Gasteiger charge is 2.45. The van der Waals surface area contributed by atoms with Crippen LogP contribution in [0.5, 0.6) is 0 Å². The average Bonchev–Trinajstić information content (AvgIpc) is 3.02. The third kappa shape index (κ3) is 2.77. The van der Waals surface area contributed by atoms with Crippen molar-refractivity contribution < 1.29 is 18.3 Å². The predicted octanol–water partition coefficient (Wildman–Crippen LogP) is 1.53. The van der Waals surface area contributed by atoms with Crippen LogP contribution in [0.2, 0.25) is 0 Å². The molecular weight excluding hydrogens is 302 g/mol. The monoisotopic (exact) mass is 323 g/mol. The Bertz CT molecular complexity index is 675. The van der Waals surface area contributed by atoms with E-state index in [4.69, 9.17) is 0 Å². The van der Waals surface area contributed by atoms with Gasteiger partial charge in [0.05, 0.1) is 11.2 Å². The van der Waals surface area contributed by atoms with E-state index in [2.05, 4.69) is 12.1 Å². The van der Waals surface area contributed by atoms with E-state index in [0.717, 1.165) is 12.8 Å². The summed E-state index contributed by atoms with van der Waals surface area (Å²) in [7, 11) is -3.40. The number of aliphatic carboxylic acids is 1. The normalized spacial score (nSPS) is 26.2. The van der Waals surface area contributed by atoms with Crippen molar-refractivity contribution in [2.75, 3.05) is 18.8 Å². The third-order valence-electron chi connectivity index (χ3n) is 4.93. The van der Waals surface area contributed by atoms with Gasteiger partial charge >= 0.3 is 5.97 Å². The van der Waals surface area contributed by atoms with Gasteiger partial charge in [-0.25, -0.2) is 12.7 Å². The molecule has 1 saturated heterocycles. The van der Waals surface area contributed by atoms with Gasteiger partial charge < -0.3 is 5.11 Å².